The average Bonchev–Trinajstić information content (AvgIpc) is 3.63. The molecule has 2 aliphatic rings. The third-order valence-corrected chi connectivity index (χ3v) is 6.74. The normalized spacial score (nSPS) is 17.1. The molecule has 5 rings (SSSR count). The maximum absolute atomic E-state index is 13.3. The minimum absolute atomic E-state index is 0.0669. The summed E-state index contributed by atoms with van der Waals surface area (Å²) < 4.78 is 5.29. The lowest BCUT2D eigenvalue weighted by Gasteiger charge is -2.22. The maximum Gasteiger partial charge on any atom is 0.262 e. The summed E-state index contributed by atoms with van der Waals surface area (Å²) in [7, 11) is 1.64. The van der Waals surface area contributed by atoms with E-state index in [1.165, 1.54) is 0 Å². The fraction of sp³-hybridized carbons (Fsp3) is 0.276. The summed E-state index contributed by atoms with van der Waals surface area (Å²) in [5, 5.41) is 9.51. The van der Waals surface area contributed by atoms with E-state index >= 15 is 0 Å². The van der Waals surface area contributed by atoms with E-state index in [0.717, 1.165) is 54.2 Å². The van der Waals surface area contributed by atoms with Gasteiger partial charge in [0, 0.05) is 30.8 Å². The third kappa shape index (κ3) is 5.10. The highest BCUT2D eigenvalue weighted by atomic mass is 16.5. The molecule has 7 nitrogen and oxygen atoms in total. The minimum Gasteiger partial charge on any atom is -0.497 e. The maximum atomic E-state index is 13.3. The molecule has 0 saturated carbocycles. The number of methoxy groups -OCH3 is 1. The van der Waals surface area contributed by atoms with Gasteiger partial charge in [0.15, 0.2) is 0 Å². The molecule has 3 aromatic rings. The zero-order valence-electron chi connectivity index (χ0n) is 20.4. The van der Waals surface area contributed by atoms with E-state index in [2.05, 4.69) is 5.32 Å². The third-order valence-electron chi connectivity index (χ3n) is 6.74. The number of hydrogen-bond acceptors (Lipinski definition) is 5. The van der Waals surface area contributed by atoms with Crippen LogP contribution >= 0.6 is 0 Å². The quantitative estimate of drug-likeness (QED) is 0.529. The summed E-state index contributed by atoms with van der Waals surface area (Å²) in [6, 6.07) is 24.9. The first-order chi connectivity index (χ1) is 17.6. The second-order valence-electron chi connectivity index (χ2n) is 9.07. The number of hydrogen-bond donors (Lipinski definition) is 1. The Labute approximate surface area is 211 Å². The standard InChI is InChI=1S/C29H30N4O3/c1-36-25-15-11-22(12-16-25)27-19-26(21-7-3-2-4-8-21)31-33(27)28(34)20-30-24-13-9-23(10-14-24)29(35)32-17-5-6-18-32/h2-4,7-16,27,30H,5-6,17-20H2,1H3. The van der Waals surface area contributed by atoms with E-state index in [0.29, 0.717) is 12.0 Å². The van der Waals surface area contributed by atoms with Crippen LogP contribution in [0, 0.1) is 0 Å². The van der Waals surface area contributed by atoms with Crippen molar-refractivity contribution in [2.24, 2.45) is 5.10 Å². The van der Waals surface area contributed by atoms with Crippen LogP contribution in [-0.2, 0) is 4.79 Å². The smallest absolute Gasteiger partial charge is 0.262 e. The number of benzene rings is 3. The number of nitrogens with zero attached hydrogens (tertiary/aromatic N) is 3. The largest absolute Gasteiger partial charge is 0.497 e. The molecular formula is C29H30N4O3. The Morgan fingerprint density at radius 1 is 0.944 bits per heavy atom. The van der Waals surface area contributed by atoms with Crippen LogP contribution in [0.15, 0.2) is 84.0 Å². The van der Waals surface area contributed by atoms with Crippen LogP contribution < -0.4 is 10.1 Å². The second-order valence-corrected chi connectivity index (χ2v) is 9.07. The molecule has 0 spiro atoms. The average molecular weight is 483 g/mol. The number of rotatable bonds is 7. The number of amides is 2. The van der Waals surface area contributed by atoms with Gasteiger partial charge in [0.1, 0.15) is 5.75 Å². The Hall–Kier alpha value is -4.13. The molecule has 0 radical (unpaired) electrons. The molecule has 0 bridgehead atoms. The van der Waals surface area contributed by atoms with Crippen LogP contribution in [0.4, 0.5) is 5.69 Å². The molecule has 7 heteroatoms. The van der Waals surface area contributed by atoms with Crippen molar-refractivity contribution in [3.63, 3.8) is 0 Å². The SMILES string of the molecule is COc1ccc(C2CC(c3ccccc3)=NN2C(=O)CNc2ccc(C(=O)N3CCCC3)cc2)cc1. The Balaban J connectivity index is 1.29. The summed E-state index contributed by atoms with van der Waals surface area (Å²) in [6.45, 7) is 1.74. The van der Waals surface area contributed by atoms with Gasteiger partial charge in [-0.2, -0.15) is 5.10 Å². The minimum atomic E-state index is -0.194. The second kappa shape index (κ2) is 10.6. The summed E-state index contributed by atoms with van der Waals surface area (Å²) in [6.07, 6.45) is 2.77. The summed E-state index contributed by atoms with van der Waals surface area (Å²) >= 11 is 0. The van der Waals surface area contributed by atoms with Gasteiger partial charge in [-0.25, -0.2) is 5.01 Å². The van der Waals surface area contributed by atoms with Crippen molar-refractivity contribution in [3.05, 3.63) is 95.6 Å². The number of carbonyl (C=O) groups excluding carboxylic acids is 2. The Kier molecular flexibility index (Phi) is 6.98. The Morgan fingerprint density at radius 2 is 1.64 bits per heavy atom. The Morgan fingerprint density at radius 3 is 2.31 bits per heavy atom. The van der Waals surface area contributed by atoms with Crippen molar-refractivity contribution < 1.29 is 14.3 Å². The molecule has 2 heterocycles. The first kappa shape index (κ1) is 23.6. The molecule has 2 aliphatic heterocycles. The molecule has 3 aromatic carbocycles. The van der Waals surface area contributed by atoms with Crippen molar-refractivity contribution >= 4 is 23.2 Å². The summed E-state index contributed by atoms with van der Waals surface area (Å²) in [5.74, 6) is 0.712. The fourth-order valence-corrected chi connectivity index (χ4v) is 4.72. The van der Waals surface area contributed by atoms with Crippen LogP contribution in [0.1, 0.15) is 46.8 Å². The molecule has 1 fully saturated rings. The van der Waals surface area contributed by atoms with Gasteiger partial charge in [0.05, 0.1) is 25.4 Å². The lowest BCUT2D eigenvalue weighted by molar-refractivity contribution is -0.131. The van der Waals surface area contributed by atoms with Crippen LogP contribution in [0.25, 0.3) is 0 Å². The van der Waals surface area contributed by atoms with Crippen molar-refractivity contribution in [2.45, 2.75) is 25.3 Å². The lowest BCUT2D eigenvalue weighted by Crippen LogP contribution is -2.32. The number of nitrogens with one attached hydrogen (secondary N) is 1. The van der Waals surface area contributed by atoms with Crippen molar-refractivity contribution in [1.29, 1.82) is 0 Å². The van der Waals surface area contributed by atoms with Gasteiger partial charge in [0.2, 0.25) is 0 Å². The van der Waals surface area contributed by atoms with E-state index < -0.39 is 0 Å². The predicted molar refractivity (Wildman–Crippen MR) is 140 cm³/mol. The van der Waals surface area contributed by atoms with Crippen molar-refractivity contribution in [3.8, 4) is 5.75 Å². The van der Waals surface area contributed by atoms with Gasteiger partial charge in [-0.1, -0.05) is 42.5 Å². The zero-order chi connectivity index (χ0) is 24.9. The fourth-order valence-electron chi connectivity index (χ4n) is 4.72. The van der Waals surface area contributed by atoms with Crippen LogP contribution in [0.5, 0.6) is 5.75 Å². The van der Waals surface area contributed by atoms with Gasteiger partial charge in [0.25, 0.3) is 11.8 Å². The van der Waals surface area contributed by atoms with Crippen LogP contribution in [0.3, 0.4) is 0 Å². The monoisotopic (exact) mass is 482 g/mol. The van der Waals surface area contributed by atoms with Gasteiger partial charge in [-0.3, -0.25) is 9.59 Å². The molecule has 0 aliphatic carbocycles. The first-order valence-electron chi connectivity index (χ1n) is 12.3. The zero-order valence-corrected chi connectivity index (χ0v) is 20.4. The van der Waals surface area contributed by atoms with Crippen molar-refractivity contribution in [1.82, 2.24) is 9.91 Å². The number of ether oxygens (including phenoxy) is 1. The molecule has 1 saturated heterocycles. The molecular weight excluding hydrogens is 452 g/mol. The number of hydrazone groups is 1. The van der Waals surface area contributed by atoms with Gasteiger partial charge >= 0.3 is 0 Å². The predicted octanol–water partition coefficient (Wildman–Crippen LogP) is 4.72. The molecule has 36 heavy (non-hydrogen) atoms. The van der Waals surface area contributed by atoms with Crippen LogP contribution in [-0.4, -0.2) is 54.2 Å². The molecule has 1 unspecified atom stereocenters. The van der Waals surface area contributed by atoms with E-state index in [4.69, 9.17) is 9.84 Å². The van der Waals surface area contributed by atoms with Crippen LogP contribution in [0.2, 0.25) is 0 Å². The molecule has 2 amide bonds. The van der Waals surface area contributed by atoms with Crippen molar-refractivity contribution in [2.75, 3.05) is 32.1 Å². The molecule has 184 valence electrons. The number of likely N-dealkylation sites (tertiary alicyclic amines) is 1. The summed E-state index contributed by atoms with van der Waals surface area (Å²) in [4.78, 5) is 27.8. The molecule has 1 N–H and O–H groups in total. The summed E-state index contributed by atoms with van der Waals surface area (Å²) in [5.41, 5.74) is 4.36. The van der Waals surface area contributed by atoms with E-state index in [1.807, 2.05) is 83.8 Å². The van der Waals surface area contributed by atoms with E-state index in [1.54, 1.807) is 12.1 Å². The van der Waals surface area contributed by atoms with Gasteiger partial charge in [-0.15, -0.1) is 0 Å². The van der Waals surface area contributed by atoms with Gasteiger partial charge in [-0.05, 0) is 60.4 Å². The number of anilines is 1. The highest BCUT2D eigenvalue weighted by Gasteiger charge is 2.33. The Bertz CT molecular complexity index is 1230. The lowest BCUT2D eigenvalue weighted by atomic mass is 9.98. The number of carbonyl (C=O) groups is 2. The van der Waals surface area contributed by atoms with E-state index in [9.17, 15) is 9.59 Å². The molecule has 0 aromatic heterocycles. The highest BCUT2D eigenvalue weighted by molar-refractivity contribution is 6.03. The highest BCUT2D eigenvalue weighted by Crippen LogP contribution is 2.33. The van der Waals surface area contributed by atoms with Gasteiger partial charge < -0.3 is 15.0 Å². The topological polar surface area (TPSA) is 74.2 Å². The molecule has 1 atom stereocenters. The first-order valence-corrected chi connectivity index (χ1v) is 12.3. The van der Waals surface area contributed by atoms with E-state index in [-0.39, 0.29) is 24.4 Å².